The zero-order valence-electron chi connectivity index (χ0n) is 5.16. The summed E-state index contributed by atoms with van der Waals surface area (Å²) >= 11 is 6.32. The lowest BCUT2D eigenvalue weighted by Crippen LogP contribution is -1.86. The van der Waals surface area contributed by atoms with Crippen molar-refractivity contribution in [3.63, 3.8) is 0 Å². The van der Waals surface area contributed by atoms with Crippen molar-refractivity contribution in [3.05, 3.63) is 9.78 Å². The summed E-state index contributed by atoms with van der Waals surface area (Å²) in [5.41, 5.74) is 0. The highest BCUT2D eigenvalue weighted by molar-refractivity contribution is 7.73. The van der Waals surface area contributed by atoms with Gasteiger partial charge in [-0.2, -0.15) is 0 Å². The number of nitrogens with one attached hydrogen (secondary N) is 1. The van der Waals surface area contributed by atoms with Crippen LogP contribution in [0.5, 0.6) is 0 Å². The van der Waals surface area contributed by atoms with E-state index in [1.54, 1.807) is 4.52 Å². The zero-order valence-corrected chi connectivity index (χ0v) is 6.79. The van der Waals surface area contributed by atoms with E-state index in [-0.39, 0.29) is 0 Å². The lowest BCUT2D eigenvalue weighted by atomic mass is 10.7. The van der Waals surface area contributed by atoms with Gasteiger partial charge in [0.05, 0.1) is 0 Å². The van der Waals surface area contributed by atoms with Crippen LogP contribution in [-0.4, -0.2) is 19.8 Å². The smallest absolute Gasteiger partial charge is 0.233 e. The first-order valence-electron chi connectivity index (χ1n) is 2.68. The van der Waals surface area contributed by atoms with Crippen molar-refractivity contribution < 1.29 is 0 Å². The van der Waals surface area contributed by atoms with Gasteiger partial charge in [-0.15, -0.1) is 10.2 Å². The molecule has 2 rings (SSSR count). The van der Waals surface area contributed by atoms with Gasteiger partial charge in [-0.1, -0.05) is 11.3 Å². The highest BCUT2D eigenvalue weighted by atomic mass is 32.1. The molecule has 6 heteroatoms. The molecule has 0 aliphatic heterocycles. The van der Waals surface area contributed by atoms with Gasteiger partial charge >= 0.3 is 0 Å². The zero-order chi connectivity index (χ0) is 7.14. The third kappa shape index (κ3) is 0.691. The van der Waals surface area contributed by atoms with Crippen LogP contribution >= 0.6 is 23.6 Å². The third-order valence-corrected chi connectivity index (χ3v) is 2.25. The van der Waals surface area contributed by atoms with Gasteiger partial charge in [0.25, 0.3) is 0 Å². The Kier molecular flexibility index (Phi) is 1.12. The Balaban J connectivity index is 3.03. The van der Waals surface area contributed by atoms with Gasteiger partial charge in [-0.25, -0.2) is 4.52 Å². The van der Waals surface area contributed by atoms with Gasteiger partial charge in [-0.05, 0) is 19.1 Å². The second-order valence-electron chi connectivity index (χ2n) is 1.87. The van der Waals surface area contributed by atoms with Crippen LogP contribution in [0.3, 0.4) is 0 Å². The maximum Gasteiger partial charge on any atom is 0.233 e. The van der Waals surface area contributed by atoms with Crippen molar-refractivity contribution >= 4 is 28.5 Å². The molecule has 0 unspecified atom stereocenters. The summed E-state index contributed by atoms with van der Waals surface area (Å²) < 4.78 is 2.50. The Hall–Kier alpha value is -0.750. The van der Waals surface area contributed by atoms with Crippen LogP contribution < -0.4 is 0 Å². The number of rotatable bonds is 0. The molecule has 2 aromatic rings. The summed E-state index contributed by atoms with van der Waals surface area (Å²) in [6.07, 6.45) is 0. The second-order valence-corrected chi connectivity index (χ2v) is 3.51. The first-order chi connectivity index (χ1) is 4.77. The average Bonchev–Trinajstić information content (AvgIpc) is 2.35. The molecule has 0 amide bonds. The van der Waals surface area contributed by atoms with Crippen LogP contribution in [0, 0.1) is 10.9 Å². The second kappa shape index (κ2) is 1.86. The minimum atomic E-state index is 0.730. The fraction of sp³-hybridized carbons (Fsp3) is 0.250. The van der Waals surface area contributed by atoms with E-state index in [0.29, 0.717) is 0 Å². The maximum atomic E-state index is 4.90. The summed E-state index contributed by atoms with van der Waals surface area (Å²) in [6.45, 7) is 1.87. The molecule has 0 aromatic carbocycles. The third-order valence-electron chi connectivity index (χ3n) is 1.18. The molecule has 1 N–H and O–H groups in total. The summed E-state index contributed by atoms with van der Waals surface area (Å²) in [4.78, 5) is 0.822. The number of H-pyrrole nitrogens is 1. The maximum absolute atomic E-state index is 4.90. The number of aromatic amines is 1. The molecule has 2 aromatic heterocycles. The minimum absolute atomic E-state index is 0.730. The summed E-state index contributed by atoms with van der Waals surface area (Å²) in [5.74, 6) is 0.836. The van der Waals surface area contributed by atoms with Crippen LogP contribution in [-0.2, 0) is 0 Å². The fourth-order valence-corrected chi connectivity index (χ4v) is 1.70. The molecule has 0 bridgehead atoms. The lowest BCUT2D eigenvalue weighted by molar-refractivity contribution is 0.889. The van der Waals surface area contributed by atoms with Gasteiger partial charge in [0, 0.05) is 0 Å². The quantitative estimate of drug-likeness (QED) is 0.606. The molecule has 10 heavy (non-hydrogen) atoms. The Morgan fingerprint density at radius 1 is 1.60 bits per heavy atom. The number of aryl methyl sites for hydroxylation is 1. The van der Waals surface area contributed by atoms with Crippen LogP contribution in [0.25, 0.3) is 4.96 Å². The van der Waals surface area contributed by atoms with Gasteiger partial charge in [0.1, 0.15) is 0 Å². The van der Waals surface area contributed by atoms with Crippen LogP contribution in [0.2, 0.25) is 0 Å². The summed E-state index contributed by atoms with van der Waals surface area (Å²) in [6, 6.07) is 0. The number of fused-ring (bicyclic) bond motifs is 1. The molecular weight excluding hydrogens is 168 g/mol. The van der Waals surface area contributed by atoms with E-state index in [2.05, 4.69) is 15.3 Å². The molecule has 0 aliphatic rings. The van der Waals surface area contributed by atoms with Crippen LogP contribution in [0.4, 0.5) is 0 Å². The number of aromatic nitrogens is 4. The predicted molar refractivity (Wildman–Crippen MR) is 40.8 cm³/mol. The monoisotopic (exact) mass is 172 g/mol. The van der Waals surface area contributed by atoms with E-state index in [1.807, 2.05) is 6.92 Å². The Morgan fingerprint density at radius 3 is 3.10 bits per heavy atom. The van der Waals surface area contributed by atoms with Crippen molar-refractivity contribution in [2.24, 2.45) is 0 Å². The summed E-state index contributed by atoms with van der Waals surface area (Å²) in [7, 11) is 0. The van der Waals surface area contributed by atoms with E-state index < -0.39 is 0 Å². The van der Waals surface area contributed by atoms with Crippen LogP contribution in [0.1, 0.15) is 5.82 Å². The minimum Gasteiger partial charge on any atom is -0.271 e. The van der Waals surface area contributed by atoms with Crippen molar-refractivity contribution in [3.8, 4) is 0 Å². The van der Waals surface area contributed by atoms with Gasteiger partial charge < -0.3 is 0 Å². The summed E-state index contributed by atoms with van der Waals surface area (Å²) in [5, 5.41) is 10.6. The normalized spacial score (nSPS) is 10.9. The highest BCUT2D eigenvalue weighted by Gasteiger charge is 2.00. The first-order valence-corrected chi connectivity index (χ1v) is 3.91. The Bertz CT molecular complexity index is 408. The van der Waals surface area contributed by atoms with E-state index >= 15 is 0 Å². The van der Waals surface area contributed by atoms with E-state index in [1.165, 1.54) is 11.3 Å². The van der Waals surface area contributed by atoms with Crippen molar-refractivity contribution in [1.82, 2.24) is 19.8 Å². The van der Waals surface area contributed by atoms with Gasteiger partial charge in [0.15, 0.2) is 9.78 Å². The largest absolute Gasteiger partial charge is 0.271 e. The highest BCUT2D eigenvalue weighted by Crippen LogP contribution is 2.08. The molecule has 0 saturated heterocycles. The average molecular weight is 172 g/mol. The van der Waals surface area contributed by atoms with Gasteiger partial charge in [0.2, 0.25) is 4.96 Å². The topological polar surface area (TPSA) is 46.0 Å². The number of hydrogen-bond donors (Lipinski definition) is 1. The lowest BCUT2D eigenvalue weighted by Gasteiger charge is -1.80. The SMILES string of the molecule is Cc1nnc2sc(=S)[nH]n12. The molecule has 0 atom stereocenters. The van der Waals surface area contributed by atoms with Crippen molar-refractivity contribution in [2.45, 2.75) is 6.92 Å². The number of hydrogen-bond acceptors (Lipinski definition) is 4. The molecule has 0 fully saturated rings. The molecule has 0 spiro atoms. The molecule has 4 nitrogen and oxygen atoms in total. The molecule has 0 aliphatic carbocycles. The van der Waals surface area contributed by atoms with E-state index in [9.17, 15) is 0 Å². The Labute approximate surface area is 65.5 Å². The molecule has 52 valence electrons. The van der Waals surface area contributed by atoms with Crippen molar-refractivity contribution in [2.75, 3.05) is 0 Å². The van der Waals surface area contributed by atoms with E-state index in [0.717, 1.165) is 14.7 Å². The molecular formula is C4H4N4S2. The first kappa shape index (κ1) is 5.99. The molecule has 0 saturated carbocycles. The van der Waals surface area contributed by atoms with Crippen molar-refractivity contribution in [1.29, 1.82) is 0 Å². The standard InChI is InChI=1S/C4H4N4S2/c1-2-5-6-3-8(2)7-4(9)10-3/h1H3,(H,7,9). The molecule has 0 radical (unpaired) electrons. The number of nitrogens with zero attached hydrogens (tertiary/aromatic N) is 3. The van der Waals surface area contributed by atoms with E-state index in [4.69, 9.17) is 12.2 Å². The predicted octanol–water partition coefficient (Wildman–Crippen LogP) is 1.16. The Morgan fingerprint density at radius 2 is 2.40 bits per heavy atom. The van der Waals surface area contributed by atoms with Crippen LogP contribution in [0.15, 0.2) is 0 Å². The molecule has 2 heterocycles. The fourth-order valence-electron chi connectivity index (χ4n) is 0.735. The van der Waals surface area contributed by atoms with Gasteiger partial charge in [-0.3, -0.25) is 5.10 Å².